The van der Waals surface area contributed by atoms with Gasteiger partial charge in [-0.15, -0.1) is 0 Å². The van der Waals surface area contributed by atoms with Crippen molar-refractivity contribution in [3.8, 4) is 17.0 Å². The topological polar surface area (TPSA) is 62.8 Å². The third kappa shape index (κ3) is 2.14. The number of para-hydroxylation sites is 1. The highest BCUT2D eigenvalue weighted by Crippen LogP contribution is 2.39. The molecule has 126 valence electrons. The number of phenols is 1. The summed E-state index contributed by atoms with van der Waals surface area (Å²) >= 11 is 12.3. The summed E-state index contributed by atoms with van der Waals surface area (Å²) in [4.78, 5) is 9.36. The smallest absolute Gasteiger partial charge is 0.152 e. The van der Waals surface area contributed by atoms with Crippen LogP contribution in [-0.4, -0.2) is 25.4 Å². The van der Waals surface area contributed by atoms with Crippen LogP contribution in [0.25, 0.3) is 16.8 Å². The van der Waals surface area contributed by atoms with E-state index in [1.165, 1.54) is 6.33 Å². The molecule has 0 aliphatic carbocycles. The van der Waals surface area contributed by atoms with Crippen molar-refractivity contribution in [1.82, 2.24) is 14.6 Å². The third-order valence-electron chi connectivity index (χ3n) is 4.39. The molecule has 0 radical (unpaired) electrons. The van der Waals surface area contributed by atoms with Crippen LogP contribution in [0.1, 0.15) is 11.1 Å². The maximum absolute atomic E-state index is 9.88. The predicted octanol–water partition coefficient (Wildman–Crippen LogP) is 4.89. The van der Waals surface area contributed by atoms with Gasteiger partial charge in [0.05, 0.1) is 21.4 Å². The summed E-state index contributed by atoms with van der Waals surface area (Å²) in [5.74, 6) is -0.141. The van der Waals surface area contributed by atoms with Crippen molar-refractivity contribution < 1.29 is 5.11 Å². The number of aliphatic imine (C=N–C) groups is 1. The van der Waals surface area contributed by atoms with Gasteiger partial charge in [-0.05, 0) is 24.3 Å². The van der Waals surface area contributed by atoms with Crippen LogP contribution in [0.4, 0.5) is 5.69 Å². The van der Waals surface area contributed by atoms with Crippen molar-refractivity contribution in [2.75, 3.05) is 0 Å². The molecule has 0 unspecified atom stereocenters. The monoisotopic (exact) mass is 380 g/mol. The SMILES string of the molecule is Oc1c(Cl)cc(C2=Nc3ccccc3-c3ncnn4ccc2c34)cc1Cl. The zero-order valence-corrected chi connectivity index (χ0v) is 14.7. The number of benzene rings is 2. The highest BCUT2D eigenvalue weighted by atomic mass is 35.5. The molecule has 0 spiro atoms. The average molecular weight is 381 g/mol. The summed E-state index contributed by atoms with van der Waals surface area (Å²) in [5, 5.41) is 14.5. The Hall–Kier alpha value is -2.89. The fraction of sp³-hybridized carbons (Fsp3) is 0. The van der Waals surface area contributed by atoms with Crippen LogP contribution in [0.2, 0.25) is 10.0 Å². The van der Waals surface area contributed by atoms with Crippen molar-refractivity contribution in [2.24, 2.45) is 4.99 Å². The van der Waals surface area contributed by atoms with E-state index in [1.807, 2.05) is 36.5 Å². The summed E-state index contributed by atoms with van der Waals surface area (Å²) in [5.41, 5.74) is 5.65. The first-order valence-corrected chi connectivity index (χ1v) is 8.58. The van der Waals surface area contributed by atoms with Gasteiger partial charge < -0.3 is 5.11 Å². The Morgan fingerprint density at radius 1 is 0.962 bits per heavy atom. The molecule has 7 heteroatoms. The Kier molecular flexibility index (Phi) is 3.29. The summed E-state index contributed by atoms with van der Waals surface area (Å²) in [6.45, 7) is 0. The largest absolute Gasteiger partial charge is 0.505 e. The zero-order valence-electron chi connectivity index (χ0n) is 13.2. The van der Waals surface area contributed by atoms with Crippen LogP contribution in [0.15, 0.2) is 60.0 Å². The molecule has 4 aromatic rings. The molecule has 0 amide bonds. The van der Waals surface area contributed by atoms with E-state index in [0.717, 1.165) is 28.0 Å². The van der Waals surface area contributed by atoms with Crippen LogP contribution in [-0.2, 0) is 0 Å². The zero-order chi connectivity index (χ0) is 17.8. The van der Waals surface area contributed by atoms with Gasteiger partial charge in [-0.25, -0.2) is 14.5 Å². The van der Waals surface area contributed by atoms with Crippen LogP contribution in [0.5, 0.6) is 5.75 Å². The lowest BCUT2D eigenvalue weighted by Crippen LogP contribution is -2.03. The van der Waals surface area contributed by atoms with E-state index < -0.39 is 0 Å². The number of nitrogens with zero attached hydrogens (tertiary/aromatic N) is 4. The number of hydrogen-bond donors (Lipinski definition) is 1. The van der Waals surface area contributed by atoms with E-state index in [9.17, 15) is 5.11 Å². The van der Waals surface area contributed by atoms with Gasteiger partial charge in [-0.1, -0.05) is 41.4 Å². The second-order valence-electron chi connectivity index (χ2n) is 5.90. The van der Waals surface area contributed by atoms with Gasteiger partial charge in [0.25, 0.3) is 0 Å². The summed E-state index contributed by atoms with van der Waals surface area (Å²) in [7, 11) is 0. The predicted molar refractivity (Wildman–Crippen MR) is 102 cm³/mol. The van der Waals surface area contributed by atoms with Crippen LogP contribution >= 0.6 is 23.2 Å². The molecule has 1 aliphatic rings. The van der Waals surface area contributed by atoms with Crippen LogP contribution in [0.3, 0.4) is 0 Å². The highest BCUT2D eigenvalue weighted by Gasteiger charge is 2.23. The van der Waals surface area contributed by atoms with Crippen LogP contribution in [0, 0.1) is 0 Å². The fourth-order valence-electron chi connectivity index (χ4n) is 3.22. The molecule has 1 aliphatic heterocycles. The summed E-state index contributed by atoms with van der Waals surface area (Å²) in [6, 6.07) is 13.0. The minimum absolute atomic E-state index is 0.141. The van der Waals surface area contributed by atoms with E-state index in [0.29, 0.717) is 11.3 Å². The minimum atomic E-state index is -0.141. The maximum atomic E-state index is 9.88. The molecule has 0 atom stereocenters. The van der Waals surface area contributed by atoms with Crippen molar-refractivity contribution in [2.45, 2.75) is 0 Å². The molecule has 2 aromatic carbocycles. The molecule has 5 rings (SSSR count). The number of aromatic nitrogens is 3. The van der Waals surface area contributed by atoms with E-state index in [4.69, 9.17) is 28.2 Å². The van der Waals surface area contributed by atoms with Gasteiger partial charge in [0, 0.05) is 22.9 Å². The molecular formula is C19H10Cl2N4O. The van der Waals surface area contributed by atoms with Gasteiger partial charge in [0.1, 0.15) is 17.5 Å². The number of hydrogen-bond acceptors (Lipinski definition) is 4. The normalized spacial score (nSPS) is 12.6. The first-order chi connectivity index (χ1) is 12.6. The van der Waals surface area contributed by atoms with E-state index in [1.54, 1.807) is 16.6 Å². The van der Waals surface area contributed by atoms with Crippen molar-refractivity contribution in [3.63, 3.8) is 0 Å². The van der Waals surface area contributed by atoms with E-state index in [2.05, 4.69) is 10.1 Å². The molecule has 3 heterocycles. The number of aromatic hydroxyl groups is 1. The number of phenolic OH excluding ortho intramolecular Hbond substituents is 1. The second-order valence-corrected chi connectivity index (χ2v) is 6.71. The lowest BCUT2D eigenvalue weighted by atomic mass is 10.0. The van der Waals surface area contributed by atoms with E-state index >= 15 is 0 Å². The Balaban J connectivity index is 1.90. The van der Waals surface area contributed by atoms with Gasteiger partial charge in [0.2, 0.25) is 0 Å². The first-order valence-electron chi connectivity index (χ1n) is 7.82. The van der Waals surface area contributed by atoms with Crippen molar-refractivity contribution >= 4 is 40.1 Å². The Morgan fingerprint density at radius 2 is 1.73 bits per heavy atom. The molecule has 26 heavy (non-hydrogen) atoms. The summed E-state index contributed by atoms with van der Waals surface area (Å²) in [6.07, 6.45) is 3.39. The van der Waals surface area contributed by atoms with Gasteiger partial charge in [-0.2, -0.15) is 5.10 Å². The minimum Gasteiger partial charge on any atom is -0.505 e. The maximum Gasteiger partial charge on any atom is 0.152 e. The van der Waals surface area contributed by atoms with Gasteiger partial charge >= 0.3 is 0 Å². The molecule has 0 fully saturated rings. The Labute approximate surface area is 158 Å². The molecule has 5 nitrogen and oxygen atoms in total. The Morgan fingerprint density at radius 3 is 2.54 bits per heavy atom. The quantitative estimate of drug-likeness (QED) is 0.450. The fourth-order valence-corrected chi connectivity index (χ4v) is 3.70. The third-order valence-corrected chi connectivity index (χ3v) is 4.97. The molecule has 1 N–H and O–H groups in total. The standard InChI is InChI=1S/C19H10Cl2N4O/c20-13-7-10(8-14(21)19(13)26)16-12-5-6-25-18(12)17(22-9-23-25)11-3-1-2-4-15(11)24-16/h1-9,26H. The van der Waals surface area contributed by atoms with Gasteiger partial charge in [0.15, 0.2) is 5.75 Å². The van der Waals surface area contributed by atoms with E-state index in [-0.39, 0.29) is 15.8 Å². The molecule has 0 saturated heterocycles. The van der Waals surface area contributed by atoms with Crippen molar-refractivity contribution in [3.05, 3.63) is 76.2 Å². The molecular weight excluding hydrogens is 371 g/mol. The van der Waals surface area contributed by atoms with Crippen LogP contribution < -0.4 is 0 Å². The Bertz CT molecular complexity index is 1210. The lowest BCUT2D eigenvalue weighted by Gasteiger charge is -2.08. The molecule has 2 aromatic heterocycles. The number of halogens is 2. The second kappa shape index (κ2) is 5.56. The van der Waals surface area contributed by atoms with Crippen molar-refractivity contribution in [1.29, 1.82) is 0 Å². The molecule has 0 bridgehead atoms. The lowest BCUT2D eigenvalue weighted by molar-refractivity contribution is 0.476. The van der Waals surface area contributed by atoms with Gasteiger partial charge in [-0.3, -0.25) is 0 Å². The molecule has 0 saturated carbocycles. The highest BCUT2D eigenvalue weighted by molar-refractivity contribution is 6.38. The summed E-state index contributed by atoms with van der Waals surface area (Å²) < 4.78 is 1.78. The average Bonchev–Trinajstić information content (AvgIpc) is 3.01. The number of fused-ring (bicyclic) bond motifs is 2. The first kappa shape index (κ1) is 15.4. The number of rotatable bonds is 1.